The number of hydrogen-bond acceptors (Lipinski definition) is 3. The van der Waals surface area contributed by atoms with Crippen LogP contribution in [-0.4, -0.2) is 16.1 Å². The average molecular weight is 476 g/mol. The highest BCUT2D eigenvalue weighted by Gasteiger charge is 2.29. The van der Waals surface area contributed by atoms with Crippen molar-refractivity contribution in [1.82, 2.24) is 4.98 Å². The van der Waals surface area contributed by atoms with E-state index < -0.39 is 29.3 Å². The van der Waals surface area contributed by atoms with Crippen LogP contribution in [0.25, 0.3) is 10.9 Å². The van der Waals surface area contributed by atoms with E-state index in [0.717, 1.165) is 24.3 Å². The molecule has 0 aliphatic rings. The molecule has 34 heavy (non-hydrogen) atoms. The van der Waals surface area contributed by atoms with Gasteiger partial charge in [-0.2, -0.15) is 13.2 Å². The minimum absolute atomic E-state index is 0.0142. The molecule has 4 aromatic rings. The molecule has 3 N–H and O–H groups in total. The van der Waals surface area contributed by atoms with Crippen LogP contribution >= 0.6 is 0 Å². The zero-order valence-electron chi connectivity index (χ0n) is 17.3. The van der Waals surface area contributed by atoms with Crippen LogP contribution in [0.4, 0.5) is 33.3 Å². The number of alkyl halides is 3. The molecule has 10 heteroatoms. The number of halogens is 5. The van der Waals surface area contributed by atoms with Crippen molar-refractivity contribution >= 4 is 28.2 Å². The van der Waals surface area contributed by atoms with Crippen molar-refractivity contribution in [1.29, 1.82) is 0 Å². The first-order valence-electron chi connectivity index (χ1n) is 9.95. The van der Waals surface area contributed by atoms with Crippen LogP contribution in [0.2, 0.25) is 0 Å². The summed E-state index contributed by atoms with van der Waals surface area (Å²) < 4.78 is 70.2. The van der Waals surface area contributed by atoms with Crippen molar-refractivity contribution < 1.29 is 36.6 Å². The Morgan fingerprint density at radius 1 is 0.912 bits per heavy atom. The Hall–Kier alpha value is -3.92. The standard InChI is InChI=1S/C24H17F5N2O3/c25-19-8-6-15(9-20(19)26)30-16-5-7-17-18(22(23(32)33)31-21(17)10-16)12-34-11-13-1-3-14(4-2-13)24(27,28)29/h1-10,30-31H,11-12H2,(H,32,33). The predicted molar refractivity (Wildman–Crippen MR) is 115 cm³/mol. The lowest BCUT2D eigenvalue weighted by Crippen LogP contribution is -2.05. The molecule has 0 fully saturated rings. The summed E-state index contributed by atoms with van der Waals surface area (Å²) in [7, 11) is 0. The SMILES string of the molecule is O=C(O)c1[nH]c2cc(Nc3ccc(F)c(F)c3)ccc2c1COCc1ccc(C(F)(F)F)cc1. The Morgan fingerprint density at radius 3 is 2.24 bits per heavy atom. The van der Waals surface area contributed by atoms with Gasteiger partial charge in [0.2, 0.25) is 0 Å². The van der Waals surface area contributed by atoms with E-state index in [0.29, 0.717) is 33.4 Å². The molecule has 4 rings (SSSR count). The minimum Gasteiger partial charge on any atom is -0.477 e. The van der Waals surface area contributed by atoms with Crippen LogP contribution in [0, 0.1) is 11.6 Å². The smallest absolute Gasteiger partial charge is 0.416 e. The van der Waals surface area contributed by atoms with Crippen LogP contribution < -0.4 is 5.32 Å². The maximum atomic E-state index is 13.4. The molecule has 1 heterocycles. The number of benzene rings is 3. The third-order valence-electron chi connectivity index (χ3n) is 5.12. The van der Waals surface area contributed by atoms with Gasteiger partial charge >= 0.3 is 12.1 Å². The van der Waals surface area contributed by atoms with Gasteiger partial charge in [0.05, 0.1) is 18.8 Å². The Morgan fingerprint density at radius 2 is 1.59 bits per heavy atom. The van der Waals surface area contributed by atoms with Gasteiger partial charge in [-0.15, -0.1) is 0 Å². The number of aromatic nitrogens is 1. The fraction of sp³-hybridized carbons (Fsp3) is 0.125. The largest absolute Gasteiger partial charge is 0.477 e. The average Bonchev–Trinajstić information content (AvgIpc) is 3.14. The number of nitrogens with one attached hydrogen (secondary N) is 2. The van der Waals surface area contributed by atoms with E-state index >= 15 is 0 Å². The summed E-state index contributed by atoms with van der Waals surface area (Å²) in [4.78, 5) is 14.5. The summed E-state index contributed by atoms with van der Waals surface area (Å²) in [5, 5.41) is 13.1. The van der Waals surface area contributed by atoms with Gasteiger partial charge in [0, 0.05) is 33.9 Å². The zero-order valence-corrected chi connectivity index (χ0v) is 17.3. The van der Waals surface area contributed by atoms with Gasteiger partial charge in [-0.1, -0.05) is 18.2 Å². The van der Waals surface area contributed by atoms with Crippen molar-refractivity contribution in [2.24, 2.45) is 0 Å². The van der Waals surface area contributed by atoms with Crippen molar-refractivity contribution in [2.75, 3.05) is 5.32 Å². The predicted octanol–water partition coefficient (Wildman–Crippen LogP) is 6.62. The molecule has 0 aliphatic carbocycles. The Bertz CT molecular complexity index is 1350. The van der Waals surface area contributed by atoms with E-state index in [1.165, 1.54) is 18.2 Å². The lowest BCUT2D eigenvalue weighted by molar-refractivity contribution is -0.137. The third-order valence-corrected chi connectivity index (χ3v) is 5.12. The molecule has 0 spiro atoms. The van der Waals surface area contributed by atoms with Crippen LogP contribution in [-0.2, 0) is 24.1 Å². The quantitative estimate of drug-likeness (QED) is 0.262. The summed E-state index contributed by atoms with van der Waals surface area (Å²) in [6.07, 6.45) is -4.43. The number of H-pyrrole nitrogens is 1. The van der Waals surface area contributed by atoms with Crippen molar-refractivity contribution in [3.63, 3.8) is 0 Å². The van der Waals surface area contributed by atoms with E-state index in [1.807, 2.05) is 0 Å². The number of aromatic carboxylic acids is 1. The fourth-order valence-corrected chi connectivity index (χ4v) is 3.47. The Balaban J connectivity index is 1.51. The highest BCUT2D eigenvalue weighted by molar-refractivity contribution is 5.98. The number of carboxylic acid groups (broad SMARTS) is 1. The van der Waals surface area contributed by atoms with Crippen molar-refractivity contribution in [2.45, 2.75) is 19.4 Å². The summed E-state index contributed by atoms with van der Waals surface area (Å²) in [6.45, 7) is -0.113. The van der Waals surface area contributed by atoms with E-state index in [-0.39, 0.29) is 18.9 Å². The number of anilines is 2. The highest BCUT2D eigenvalue weighted by atomic mass is 19.4. The number of carboxylic acids is 1. The van der Waals surface area contributed by atoms with Gasteiger partial charge in [0.25, 0.3) is 0 Å². The van der Waals surface area contributed by atoms with E-state index in [9.17, 15) is 31.9 Å². The van der Waals surface area contributed by atoms with Crippen LogP contribution in [0.1, 0.15) is 27.2 Å². The summed E-state index contributed by atoms with van der Waals surface area (Å²) >= 11 is 0. The molecular weight excluding hydrogens is 459 g/mol. The van der Waals surface area contributed by atoms with Crippen LogP contribution in [0.5, 0.6) is 0 Å². The van der Waals surface area contributed by atoms with E-state index in [1.54, 1.807) is 18.2 Å². The molecule has 0 saturated carbocycles. The fourth-order valence-electron chi connectivity index (χ4n) is 3.47. The molecular formula is C24H17F5N2O3. The molecule has 0 aliphatic heterocycles. The lowest BCUT2D eigenvalue weighted by Gasteiger charge is -2.09. The second-order valence-corrected chi connectivity index (χ2v) is 7.49. The van der Waals surface area contributed by atoms with Gasteiger partial charge in [-0.3, -0.25) is 0 Å². The number of ether oxygens (including phenoxy) is 1. The first kappa shape index (κ1) is 23.2. The lowest BCUT2D eigenvalue weighted by atomic mass is 10.1. The second kappa shape index (κ2) is 9.14. The number of aromatic amines is 1. The molecule has 176 valence electrons. The van der Waals surface area contributed by atoms with Gasteiger partial charge < -0.3 is 20.1 Å². The first-order chi connectivity index (χ1) is 16.1. The first-order valence-corrected chi connectivity index (χ1v) is 9.95. The molecule has 0 bridgehead atoms. The Kier molecular flexibility index (Phi) is 6.25. The molecule has 0 saturated heterocycles. The maximum Gasteiger partial charge on any atom is 0.416 e. The topological polar surface area (TPSA) is 74.3 Å². The molecule has 0 amide bonds. The normalized spacial score (nSPS) is 11.7. The van der Waals surface area contributed by atoms with Gasteiger partial charge in [0.1, 0.15) is 5.69 Å². The molecule has 0 unspecified atom stereocenters. The second-order valence-electron chi connectivity index (χ2n) is 7.49. The van der Waals surface area contributed by atoms with E-state index in [2.05, 4.69) is 10.3 Å². The van der Waals surface area contributed by atoms with E-state index in [4.69, 9.17) is 4.74 Å². The molecule has 0 radical (unpaired) electrons. The van der Waals surface area contributed by atoms with Crippen molar-refractivity contribution in [3.8, 4) is 0 Å². The molecule has 5 nitrogen and oxygen atoms in total. The van der Waals surface area contributed by atoms with Crippen LogP contribution in [0.15, 0.2) is 60.7 Å². The molecule has 3 aromatic carbocycles. The zero-order chi connectivity index (χ0) is 24.5. The van der Waals surface area contributed by atoms with Gasteiger partial charge in [0.15, 0.2) is 11.6 Å². The molecule has 0 atom stereocenters. The number of hydrogen-bond donors (Lipinski definition) is 3. The number of fused-ring (bicyclic) bond motifs is 1. The third kappa shape index (κ3) is 5.01. The molecule has 1 aromatic heterocycles. The van der Waals surface area contributed by atoms with Crippen LogP contribution in [0.3, 0.4) is 0 Å². The van der Waals surface area contributed by atoms with Crippen molar-refractivity contribution in [3.05, 3.63) is 94.7 Å². The minimum atomic E-state index is -4.43. The van der Waals surface area contributed by atoms with Gasteiger partial charge in [-0.05, 0) is 42.0 Å². The summed E-state index contributed by atoms with van der Waals surface area (Å²) in [6, 6.07) is 12.8. The highest BCUT2D eigenvalue weighted by Crippen LogP contribution is 2.30. The summed E-state index contributed by atoms with van der Waals surface area (Å²) in [5.41, 5.74) is 1.30. The summed E-state index contributed by atoms with van der Waals surface area (Å²) in [5.74, 6) is -3.19. The monoisotopic (exact) mass is 476 g/mol. The number of rotatable bonds is 7. The number of carbonyl (C=O) groups is 1. The van der Waals surface area contributed by atoms with Gasteiger partial charge in [-0.25, -0.2) is 13.6 Å². The maximum absolute atomic E-state index is 13.4. The Labute approximate surface area is 189 Å².